The first kappa shape index (κ1) is 9.80. The number of aromatic carboxylic acids is 1. The topological polar surface area (TPSA) is 59.7 Å². The van der Waals surface area contributed by atoms with Crippen LogP contribution in [-0.2, 0) is 4.74 Å². The van der Waals surface area contributed by atoms with Gasteiger partial charge in [0.1, 0.15) is 11.9 Å². The average molecular weight is 184 g/mol. The number of hydrogen-bond donors (Lipinski definition) is 1. The van der Waals surface area contributed by atoms with Crippen LogP contribution >= 0.6 is 0 Å². The summed E-state index contributed by atoms with van der Waals surface area (Å²) in [6, 6.07) is 3.06. The molecule has 0 aliphatic heterocycles. The molecule has 0 radical (unpaired) electrons. The second-order valence-electron chi connectivity index (χ2n) is 2.64. The van der Waals surface area contributed by atoms with Crippen LogP contribution in [0.2, 0.25) is 0 Å². The van der Waals surface area contributed by atoms with Gasteiger partial charge < -0.3 is 14.3 Å². The molecule has 1 rings (SSSR count). The predicted octanol–water partition coefficient (Wildman–Crippen LogP) is 2.08. The van der Waals surface area contributed by atoms with E-state index in [1.54, 1.807) is 13.2 Å². The number of carboxylic acids is 1. The molecule has 13 heavy (non-hydrogen) atoms. The van der Waals surface area contributed by atoms with Crippen LogP contribution in [0.3, 0.4) is 0 Å². The first-order valence-corrected chi connectivity index (χ1v) is 4.04. The highest BCUT2D eigenvalue weighted by molar-refractivity contribution is 5.84. The van der Waals surface area contributed by atoms with Gasteiger partial charge >= 0.3 is 5.97 Å². The maximum atomic E-state index is 10.5. The third-order valence-corrected chi connectivity index (χ3v) is 1.81. The van der Waals surface area contributed by atoms with Crippen molar-refractivity contribution in [3.63, 3.8) is 0 Å². The van der Waals surface area contributed by atoms with Crippen molar-refractivity contribution in [1.82, 2.24) is 0 Å². The predicted molar refractivity (Wildman–Crippen MR) is 45.7 cm³/mol. The summed E-state index contributed by atoms with van der Waals surface area (Å²) in [5.41, 5.74) is 0. The van der Waals surface area contributed by atoms with Crippen molar-refractivity contribution in [2.24, 2.45) is 0 Å². The van der Waals surface area contributed by atoms with Crippen LogP contribution in [0.4, 0.5) is 0 Å². The number of carboxylic acid groups (broad SMARTS) is 1. The van der Waals surface area contributed by atoms with Crippen LogP contribution in [0.15, 0.2) is 16.5 Å². The summed E-state index contributed by atoms with van der Waals surface area (Å²) >= 11 is 0. The van der Waals surface area contributed by atoms with Crippen LogP contribution in [0, 0.1) is 0 Å². The van der Waals surface area contributed by atoms with E-state index in [1.165, 1.54) is 6.07 Å². The van der Waals surface area contributed by atoms with Crippen LogP contribution in [0.1, 0.15) is 35.8 Å². The Kier molecular flexibility index (Phi) is 3.08. The van der Waals surface area contributed by atoms with E-state index >= 15 is 0 Å². The van der Waals surface area contributed by atoms with E-state index in [0.717, 1.165) is 6.42 Å². The molecule has 4 heteroatoms. The highest BCUT2D eigenvalue weighted by Gasteiger charge is 2.15. The molecule has 0 bridgehead atoms. The van der Waals surface area contributed by atoms with Crippen LogP contribution < -0.4 is 0 Å². The standard InChI is InChI=1S/C9H12O4/c1-3-6(12-2)7-4-5-8(13-7)9(10)11/h4-6H,3H2,1-2H3,(H,10,11)/t6-/m1/s1. The highest BCUT2D eigenvalue weighted by Crippen LogP contribution is 2.22. The van der Waals surface area contributed by atoms with Crippen LogP contribution in [0.25, 0.3) is 0 Å². The quantitative estimate of drug-likeness (QED) is 0.778. The third-order valence-electron chi connectivity index (χ3n) is 1.81. The van der Waals surface area contributed by atoms with Crippen molar-refractivity contribution in [1.29, 1.82) is 0 Å². The summed E-state index contributed by atoms with van der Waals surface area (Å²) < 4.78 is 10.2. The Balaban J connectivity index is 2.84. The van der Waals surface area contributed by atoms with Gasteiger partial charge in [0.15, 0.2) is 0 Å². The molecular weight excluding hydrogens is 172 g/mol. The Morgan fingerprint density at radius 2 is 2.38 bits per heavy atom. The van der Waals surface area contributed by atoms with E-state index in [-0.39, 0.29) is 11.9 Å². The fourth-order valence-corrected chi connectivity index (χ4v) is 1.12. The molecule has 1 N–H and O–H groups in total. The summed E-state index contributed by atoms with van der Waals surface area (Å²) in [4.78, 5) is 10.5. The summed E-state index contributed by atoms with van der Waals surface area (Å²) in [5.74, 6) is -0.551. The van der Waals surface area contributed by atoms with Gasteiger partial charge in [0.25, 0.3) is 0 Å². The number of carbonyl (C=O) groups is 1. The molecule has 1 atom stereocenters. The zero-order valence-corrected chi connectivity index (χ0v) is 7.61. The van der Waals surface area contributed by atoms with E-state index in [2.05, 4.69) is 0 Å². The van der Waals surface area contributed by atoms with E-state index < -0.39 is 5.97 Å². The normalized spacial score (nSPS) is 12.8. The van der Waals surface area contributed by atoms with Crippen molar-refractivity contribution in [2.75, 3.05) is 7.11 Å². The van der Waals surface area contributed by atoms with Crippen molar-refractivity contribution >= 4 is 5.97 Å². The Morgan fingerprint density at radius 3 is 2.77 bits per heavy atom. The minimum absolute atomic E-state index is 0.0505. The second-order valence-corrected chi connectivity index (χ2v) is 2.64. The number of methoxy groups -OCH3 is 1. The van der Waals surface area contributed by atoms with Crippen molar-refractivity contribution in [3.8, 4) is 0 Å². The lowest BCUT2D eigenvalue weighted by Gasteiger charge is -2.08. The average Bonchev–Trinajstić information content (AvgIpc) is 2.56. The molecule has 0 saturated heterocycles. The fraction of sp³-hybridized carbons (Fsp3) is 0.444. The van der Waals surface area contributed by atoms with Gasteiger partial charge in [0, 0.05) is 7.11 Å². The zero-order chi connectivity index (χ0) is 9.84. The number of hydrogen-bond acceptors (Lipinski definition) is 3. The van der Waals surface area contributed by atoms with Crippen molar-refractivity contribution in [3.05, 3.63) is 23.7 Å². The third kappa shape index (κ3) is 2.09. The van der Waals surface area contributed by atoms with Gasteiger partial charge in [-0.05, 0) is 18.6 Å². The minimum atomic E-state index is -1.06. The molecular formula is C9H12O4. The van der Waals surface area contributed by atoms with E-state index in [9.17, 15) is 4.79 Å². The smallest absolute Gasteiger partial charge is 0.371 e. The van der Waals surface area contributed by atoms with Gasteiger partial charge in [-0.3, -0.25) is 0 Å². The molecule has 4 nitrogen and oxygen atoms in total. The Hall–Kier alpha value is -1.29. The van der Waals surface area contributed by atoms with Gasteiger partial charge in [-0.15, -0.1) is 0 Å². The largest absolute Gasteiger partial charge is 0.475 e. The lowest BCUT2D eigenvalue weighted by Crippen LogP contribution is -1.98. The summed E-state index contributed by atoms with van der Waals surface area (Å²) in [7, 11) is 1.57. The first-order valence-electron chi connectivity index (χ1n) is 4.04. The Bertz CT molecular complexity index is 286. The lowest BCUT2D eigenvalue weighted by atomic mass is 10.2. The fourth-order valence-electron chi connectivity index (χ4n) is 1.12. The summed E-state index contributed by atoms with van der Waals surface area (Å²) in [5, 5.41) is 8.59. The van der Waals surface area contributed by atoms with Gasteiger partial charge in [0.05, 0.1) is 0 Å². The molecule has 1 aromatic heterocycles. The summed E-state index contributed by atoms with van der Waals surface area (Å²) in [6.45, 7) is 1.94. The maximum Gasteiger partial charge on any atom is 0.371 e. The Morgan fingerprint density at radius 1 is 1.69 bits per heavy atom. The summed E-state index contributed by atoms with van der Waals surface area (Å²) in [6.07, 6.45) is 0.594. The molecule has 0 spiro atoms. The highest BCUT2D eigenvalue weighted by atomic mass is 16.5. The molecule has 1 aromatic rings. The number of rotatable bonds is 4. The van der Waals surface area contributed by atoms with Gasteiger partial charge in [0.2, 0.25) is 5.76 Å². The molecule has 0 aliphatic rings. The van der Waals surface area contributed by atoms with Crippen molar-refractivity contribution < 1.29 is 19.1 Å². The molecule has 0 aromatic carbocycles. The van der Waals surface area contributed by atoms with Gasteiger partial charge in [-0.2, -0.15) is 0 Å². The van der Waals surface area contributed by atoms with Gasteiger partial charge in [-0.1, -0.05) is 6.92 Å². The Labute approximate surface area is 76.1 Å². The molecule has 0 fully saturated rings. The van der Waals surface area contributed by atoms with Crippen LogP contribution in [0.5, 0.6) is 0 Å². The van der Waals surface area contributed by atoms with Crippen molar-refractivity contribution in [2.45, 2.75) is 19.4 Å². The maximum absolute atomic E-state index is 10.5. The second kappa shape index (κ2) is 4.09. The SMILES string of the molecule is CC[C@@H](OC)c1ccc(C(=O)O)o1. The number of furan rings is 1. The monoisotopic (exact) mass is 184 g/mol. The van der Waals surface area contributed by atoms with E-state index in [1.807, 2.05) is 6.92 Å². The lowest BCUT2D eigenvalue weighted by molar-refractivity contribution is 0.0618. The molecule has 0 unspecified atom stereocenters. The van der Waals surface area contributed by atoms with Gasteiger partial charge in [-0.25, -0.2) is 4.79 Å². The number of ether oxygens (including phenoxy) is 1. The molecule has 0 aliphatic carbocycles. The zero-order valence-electron chi connectivity index (χ0n) is 7.61. The minimum Gasteiger partial charge on any atom is -0.475 e. The molecule has 0 saturated carbocycles. The first-order chi connectivity index (χ1) is 6.19. The van der Waals surface area contributed by atoms with Crippen LogP contribution in [-0.4, -0.2) is 18.2 Å². The molecule has 72 valence electrons. The van der Waals surface area contributed by atoms with E-state index in [0.29, 0.717) is 5.76 Å². The molecule has 0 amide bonds. The van der Waals surface area contributed by atoms with E-state index in [4.69, 9.17) is 14.3 Å². The molecule has 1 heterocycles.